The zero-order valence-electron chi connectivity index (χ0n) is 16.1. The molecular formula is C20H30N2O4. The van der Waals surface area contributed by atoms with Crippen LogP contribution in [0.4, 0.5) is 4.79 Å². The number of nitrogens with zero attached hydrogens (tertiary/aromatic N) is 2. The van der Waals surface area contributed by atoms with Crippen LogP contribution in [-0.2, 0) is 16.1 Å². The van der Waals surface area contributed by atoms with Gasteiger partial charge in [0.1, 0.15) is 6.04 Å². The van der Waals surface area contributed by atoms with Gasteiger partial charge in [-0.25, -0.2) is 4.79 Å². The molecule has 1 aromatic rings. The van der Waals surface area contributed by atoms with Crippen molar-refractivity contribution in [2.75, 3.05) is 13.1 Å². The molecule has 144 valence electrons. The molecule has 1 aromatic carbocycles. The van der Waals surface area contributed by atoms with Gasteiger partial charge in [-0.05, 0) is 46.1 Å². The normalized spacial score (nSPS) is 17.0. The van der Waals surface area contributed by atoms with Crippen molar-refractivity contribution < 1.29 is 19.4 Å². The van der Waals surface area contributed by atoms with E-state index >= 15 is 0 Å². The number of carbonyl (C=O) groups is 2. The molecule has 1 saturated heterocycles. The van der Waals surface area contributed by atoms with Gasteiger partial charge in [0.05, 0.1) is 12.7 Å². The Hall–Kier alpha value is -2.08. The summed E-state index contributed by atoms with van der Waals surface area (Å²) in [6.07, 6.45) is 0.254. The number of carboxylic acid groups (broad SMARTS) is 1. The molecular weight excluding hydrogens is 332 g/mol. The summed E-state index contributed by atoms with van der Waals surface area (Å²) in [6.45, 7) is 8.88. The molecule has 0 aliphatic carbocycles. The smallest absolute Gasteiger partial charge is 0.408 e. The van der Waals surface area contributed by atoms with Crippen LogP contribution in [0.3, 0.4) is 0 Å². The molecule has 0 saturated carbocycles. The third kappa shape index (κ3) is 4.97. The lowest BCUT2D eigenvalue weighted by molar-refractivity contribution is -0.144. The van der Waals surface area contributed by atoms with Gasteiger partial charge in [-0.1, -0.05) is 30.3 Å². The lowest BCUT2D eigenvalue weighted by atomic mass is 9.99. The van der Waals surface area contributed by atoms with Crippen LogP contribution in [0.25, 0.3) is 0 Å². The summed E-state index contributed by atoms with van der Waals surface area (Å²) in [6, 6.07) is 8.81. The second-order valence-electron chi connectivity index (χ2n) is 7.80. The average Bonchev–Trinajstić information content (AvgIpc) is 3.11. The standard InChI is InChI=1S/C20H30N2O4/c1-15(26-14-16-10-6-5-7-11-16)17(18(23)21-12-8-9-13-21)22(19(24)25)20(2,3)4/h5-7,10-11,15,17H,8-9,12-14H2,1-4H3,(H,24,25)/t15-,17+/m1/s1. The van der Waals surface area contributed by atoms with Gasteiger partial charge in [0.2, 0.25) is 5.91 Å². The molecule has 1 aliphatic rings. The van der Waals surface area contributed by atoms with Crippen molar-refractivity contribution in [1.29, 1.82) is 0 Å². The quantitative estimate of drug-likeness (QED) is 0.842. The van der Waals surface area contributed by atoms with Gasteiger partial charge < -0.3 is 14.7 Å². The monoisotopic (exact) mass is 362 g/mol. The van der Waals surface area contributed by atoms with Crippen LogP contribution in [0.5, 0.6) is 0 Å². The van der Waals surface area contributed by atoms with E-state index < -0.39 is 23.8 Å². The fourth-order valence-electron chi connectivity index (χ4n) is 3.36. The number of carbonyl (C=O) groups excluding carboxylic acids is 1. The first-order chi connectivity index (χ1) is 12.2. The second kappa shape index (κ2) is 8.54. The average molecular weight is 362 g/mol. The summed E-state index contributed by atoms with van der Waals surface area (Å²) in [5.41, 5.74) is 0.278. The molecule has 1 aliphatic heterocycles. The molecule has 26 heavy (non-hydrogen) atoms. The molecule has 0 radical (unpaired) electrons. The van der Waals surface area contributed by atoms with E-state index in [0.29, 0.717) is 19.7 Å². The van der Waals surface area contributed by atoms with E-state index in [4.69, 9.17) is 4.74 Å². The minimum absolute atomic E-state index is 0.166. The molecule has 1 N–H and O–H groups in total. The number of benzene rings is 1. The predicted octanol–water partition coefficient (Wildman–Crippen LogP) is 3.36. The highest BCUT2D eigenvalue weighted by molar-refractivity contribution is 5.86. The van der Waals surface area contributed by atoms with Gasteiger partial charge in [0.25, 0.3) is 0 Å². The minimum Gasteiger partial charge on any atom is -0.465 e. The third-order valence-corrected chi connectivity index (χ3v) is 4.68. The largest absolute Gasteiger partial charge is 0.465 e. The molecule has 2 amide bonds. The van der Waals surface area contributed by atoms with Crippen LogP contribution in [0, 0.1) is 0 Å². The zero-order chi connectivity index (χ0) is 19.3. The molecule has 6 nitrogen and oxygen atoms in total. The molecule has 0 bridgehead atoms. The Kier molecular flexibility index (Phi) is 6.64. The highest BCUT2D eigenvalue weighted by atomic mass is 16.5. The second-order valence-corrected chi connectivity index (χ2v) is 7.80. The third-order valence-electron chi connectivity index (χ3n) is 4.68. The van der Waals surface area contributed by atoms with Crippen molar-refractivity contribution in [3.05, 3.63) is 35.9 Å². The SMILES string of the molecule is C[C@@H](OCc1ccccc1)[C@@H](C(=O)N1CCCC1)N(C(=O)O)C(C)(C)C. The number of hydrogen-bond donors (Lipinski definition) is 1. The molecule has 0 spiro atoms. The maximum atomic E-state index is 13.1. The van der Waals surface area contributed by atoms with E-state index in [2.05, 4.69) is 0 Å². The predicted molar refractivity (Wildman–Crippen MR) is 99.9 cm³/mol. The topological polar surface area (TPSA) is 70.1 Å². The van der Waals surface area contributed by atoms with Crippen LogP contribution in [0.2, 0.25) is 0 Å². The van der Waals surface area contributed by atoms with Gasteiger partial charge in [-0.15, -0.1) is 0 Å². The Morgan fingerprint density at radius 2 is 1.77 bits per heavy atom. The Morgan fingerprint density at radius 1 is 1.19 bits per heavy atom. The van der Waals surface area contributed by atoms with Crippen molar-refractivity contribution in [3.8, 4) is 0 Å². The van der Waals surface area contributed by atoms with Crippen molar-refractivity contribution in [2.24, 2.45) is 0 Å². The van der Waals surface area contributed by atoms with Crippen molar-refractivity contribution in [2.45, 2.75) is 64.8 Å². The lowest BCUT2D eigenvalue weighted by Crippen LogP contribution is -2.61. The summed E-state index contributed by atoms with van der Waals surface area (Å²) in [4.78, 5) is 28.1. The Morgan fingerprint density at radius 3 is 2.27 bits per heavy atom. The number of amides is 2. The van der Waals surface area contributed by atoms with Gasteiger partial charge in [-0.3, -0.25) is 9.69 Å². The maximum Gasteiger partial charge on any atom is 0.408 e. The Labute approximate surface area is 155 Å². The molecule has 2 rings (SSSR count). The maximum absolute atomic E-state index is 13.1. The highest BCUT2D eigenvalue weighted by Gasteiger charge is 2.43. The Bertz CT molecular complexity index is 606. The van der Waals surface area contributed by atoms with E-state index in [-0.39, 0.29) is 5.91 Å². The number of ether oxygens (including phenoxy) is 1. The first kappa shape index (κ1) is 20.2. The van der Waals surface area contributed by atoms with E-state index in [1.54, 1.807) is 32.6 Å². The van der Waals surface area contributed by atoms with Gasteiger partial charge >= 0.3 is 6.09 Å². The summed E-state index contributed by atoms with van der Waals surface area (Å²) < 4.78 is 5.94. The van der Waals surface area contributed by atoms with E-state index in [1.807, 2.05) is 30.3 Å². The summed E-state index contributed by atoms with van der Waals surface area (Å²) in [5.74, 6) is -0.166. The molecule has 2 atom stereocenters. The molecule has 0 aromatic heterocycles. The fraction of sp³-hybridized carbons (Fsp3) is 0.600. The molecule has 6 heteroatoms. The van der Waals surface area contributed by atoms with Gasteiger partial charge in [-0.2, -0.15) is 0 Å². The van der Waals surface area contributed by atoms with Crippen LogP contribution >= 0.6 is 0 Å². The summed E-state index contributed by atoms with van der Waals surface area (Å²) in [7, 11) is 0. The molecule has 0 unspecified atom stereocenters. The van der Waals surface area contributed by atoms with Crippen molar-refractivity contribution in [1.82, 2.24) is 9.80 Å². The number of likely N-dealkylation sites (tertiary alicyclic amines) is 1. The Balaban J connectivity index is 2.23. The van der Waals surface area contributed by atoms with Crippen LogP contribution in [-0.4, -0.2) is 57.7 Å². The van der Waals surface area contributed by atoms with Crippen molar-refractivity contribution in [3.63, 3.8) is 0 Å². The van der Waals surface area contributed by atoms with Gasteiger partial charge in [0.15, 0.2) is 0 Å². The number of hydrogen-bond acceptors (Lipinski definition) is 3. The summed E-state index contributed by atoms with van der Waals surface area (Å²) >= 11 is 0. The minimum atomic E-state index is -1.11. The first-order valence-electron chi connectivity index (χ1n) is 9.18. The molecule has 1 heterocycles. The van der Waals surface area contributed by atoms with Crippen LogP contribution in [0.1, 0.15) is 46.1 Å². The fourth-order valence-corrected chi connectivity index (χ4v) is 3.36. The van der Waals surface area contributed by atoms with Gasteiger partial charge in [0, 0.05) is 18.6 Å². The zero-order valence-corrected chi connectivity index (χ0v) is 16.1. The molecule has 1 fully saturated rings. The van der Waals surface area contributed by atoms with Crippen molar-refractivity contribution >= 4 is 12.0 Å². The van der Waals surface area contributed by atoms with Crippen LogP contribution in [0.15, 0.2) is 30.3 Å². The first-order valence-corrected chi connectivity index (χ1v) is 9.18. The lowest BCUT2D eigenvalue weighted by Gasteiger charge is -2.42. The van der Waals surface area contributed by atoms with Crippen LogP contribution < -0.4 is 0 Å². The van der Waals surface area contributed by atoms with E-state index in [9.17, 15) is 14.7 Å². The van der Waals surface area contributed by atoms with E-state index in [1.165, 1.54) is 4.90 Å². The number of rotatable bonds is 6. The summed E-state index contributed by atoms with van der Waals surface area (Å²) in [5, 5.41) is 9.80. The highest BCUT2D eigenvalue weighted by Crippen LogP contribution is 2.24. The van der Waals surface area contributed by atoms with E-state index in [0.717, 1.165) is 18.4 Å².